The van der Waals surface area contributed by atoms with Crippen molar-refractivity contribution < 1.29 is 19.1 Å². The number of hydrogen-bond acceptors (Lipinski definition) is 6. The van der Waals surface area contributed by atoms with E-state index in [0.717, 1.165) is 24.7 Å². The average Bonchev–Trinajstić information content (AvgIpc) is 2.78. The first-order valence-electron chi connectivity index (χ1n) is 5.63. The van der Waals surface area contributed by atoms with E-state index in [9.17, 15) is 14.4 Å². The number of esters is 2. The van der Waals surface area contributed by atoms with Gasteiger partial charge in [-0.05, 0) is 19.4 Å². The van der Waals surface area contributed by atoms with Crippen molar-refractivity contribution >= 4 is 28.8 Å². The molecule has 1 heterocycles. The second-order valence-corrected chi connectivity index (χ2v) is 5.29. The van der Waals surface area contributed by atoms with Crippen LogP contribution in [0.2, 0.25) is 0 Å². The minimum atomic E-state index is -0.558. The molecule has 2 atom stereocenters. The molecule has 0 aromatic carbocycles. The lowest BCUT2D eigenvalue weighted by Crippen LogP contribution is -2.35. The van der Waals surface area contributed by atoms with Gasteiger partial charge in [0.1, 0.15) is 6.04 Å². The van der Waals surface area contributed by atoms with Crippen LogP contribution in [0.1, 0.15) is 26.7 Å². The molecule has 0 spiro atoms. The van der Waals surface area contributed by atoms with Gasteiger partial charge in [0.25, 0.3) is 0 Å². The van der Waals surface area contributed by atoms with Gasteiger partial charge in [-0.2, -0.15) is 0 Å². The standard InChI is InChI=1S/C11H17NO4S/c1-7(6-17-8(2)13)10(14)16-11(15)9-4-3-5-12-9/h7,9,12H,3-6H2,1-2H3/t7-,9+/m1/s1. The van der Waals surface area contributed by atoms with E-state index in [1.54, 1.807) is 6.92 Å². The molecule has 1 aliphatic rings. The molecule has 1 rings (SSSR count). The van der Waals surface area contributed by atoms with Crippen molar-refractivity contribution in [3.63, 3.8) is 0 Å². The van der Waals surface area contributed by atoms with E-state index in [1.165, 1.54) is 6.92 Å². The molecule has 1 saturated heterocycles. The molecule has 1 aliphatic heterocycles. The second kappa shape index (κ2) is 6.76. The fourth-order valence-electron chi connectivity index (χ4n) is 1.47. The van der Waals surface area contributed by atoms with Gasteiger partial charge in [0.2, 0.25) is 0 Å². The third-order valence-electron chi connectivity index (χ3n) is 2.48. The van der Waals surface area contributed by atoms with E-state index < -0.39 is 17.9 Å². The fourth-order valence-corrected chi connectivity index (χ4v) is 2.09. The van der Waals surface area contributed by atoms with Gasteiger partial charge in [-0.3, -0.25) is 9.59 Å². The molecule has 96 valence electrons. The number of nitrogens with one attached hydrogen (secondary N) is 1. The van der Waals surface area contributed by atoms with Crippen LogP contribution in [0.25, 0.3) is 0 Å². The van der Waals surface area contributed by atoms with Crippen molar-refractivity contribution in [3.8, 4) is 0 Å². The molecule has 0 aliphatic carbocycles. The first-order valence-corrected chi connectivity index (χ1v) is 6.61. The van der Waals surface area contributed by atoms with Crippen LogP contribution in [0.4, 0.5) is 0 Å². The van der Waals surface area contributed by atoms with Crippen LogP contribution >= 0.6 is 11.8 Å². The predicted molar refractivity (Wildman–Crippen MR) is 64.4 cm³/mol. The third kappa shape index (κ3) is 4.87. The first kappa shape index (κ1) is 14.2. The fraction of sp³-hybridized carbons (Fsp3) is 0.727. The van der Waals surface area contributed by atoms with Crippen molar-refractivity contribution in [2.24, 2.45) is 5.92 Å². The Bertz CT molecular complexity index is 313. The van der Waals surface area contributed by atoms with Crippen molar-refractivity contribution in [2.75, 3.05) is 12.3 Å². The highest BCUT2D eigenvalue weighted by Gasteiger charge is 2.27. The summed E-state index contributed by atoms with van der Waals surface area (Å²) >= 11 is 1.06. The summed E-state index contributed by atoms with van der Waals surface area (Å²) in [4.78, 5) is 33.8. The van der Waals surface area contributed by atoms with Crippen molar-refractivity contribution in [3.05, 3.63) is 0 Å². The highest BCUT2D eigenvalue weighted by atomic mass is 32.2. The lowest BCUT2D eigenvalue weighted by Gasteiger charge is -2.12. The first-order chi connectivity index (χ1) is 8.00. The van der Waals surface area contributed by atoms with Gasteiger partial charge in [0, 0.05) is 12.7 Å². The monoisotopic (exact) mass is 259 g/mol. The van der Waals surface area contributed by atoms with E-state index in [2.05, 4.69) is 5.32 Å². The number of thioether (sulfide) groups is 1. The Kier molecular flexibility index (Phi) is 5.64. The Balaban J connectivity index is 2.31. The van der Waals surface area contributed by atoms with Gasteiger partial charge in [-0.1, -0.05) is 18.7 Å². The zero-order chi connectivity index (χ0) is 12.8. The molecular weight excluding hydrogens is 242 g/mol. The Labute approximate surface area is 105 Å². The SMILES string of the molecule is CC(=O)SC[C@@H](C)C(=O)OC(=O)[C@@H]1CCCN1. The van der Waals surface area contributed by atoms with Gasteiger partial charge in [-0.25, -0.2) is 4.79 Å². The molecule has 0 aromatic rings. The molecule has 6 heteroatoms. The number of rotatable bonds is 4. The minimum absolute atomic E-state index is 0.0477. The molecule has 5 nitrogen and oxygen atoms in total. The van der Waals surface area contributed by atoms with Crippen LogP contribution in [0.15, 0.2) is 0 Å². The van der Waals surface area contributed by atoms with Crippen LogP contribution in [-0.2, 0) is 19.1 Å². The highest BCUT2D eigenvalue weighted by Crippen LogP contribution is 2.12. The minimum Gasteiger partial charge on any atom is -0.392 e. The number of carbonyl (C=O) groups excluding carboxylic acids is 3. The van der Waals surface area contributed by atoms with E-state index in [-0.39, 0.29) is 11.2 Å². The number of carbonyl (C=O) groups is 3. The van der Waals surface area contributed by atoms with Gasteiger partial charge in [0.05, 0.1) is 5.92 Å². The molecule has 1 fully saturated rings. The molecule has 0 aromatic heterocycles. The van der Waals surface area contributed by atoms with Crippen LogP contribution in [-0.4, -0.2) is 35.4 Å². The van der Waals surface area contributed by atoms with Crippen molar-refractivity contribution in [2.45, 2.75) is 32.7 Å². The smallest absolute Gasteiger partial charge is 0.330 e. The maximum Gasteiger partial charge on any atom is 0.330 e. The molecule has 0 unspecified atom stereocenters. The van der Waals surface area contributed by atoms with Crippen molar-refractivity contribution in [1.82, 2.24) is 5.32 Å². The van der Waals surface area contributed by atoms with E-state index in [0.29, 0.717) is 12.2 Å². The maximum absolute atomic E-state index is 11.5. The Hall–Kier alpha value is -0.880. The molecule has 0 saturated carbocycles. The zero-order valence-corrected chi connectivity index (χ0v) is 10.8. The normalized spacial score (nSPS) is 20.9. The third-order valence-corrected chi connectivity index (χ3v) is 3.56. The zero-order valence-electron chi connectivity index (χ0n) is 10.0. The summed E-state index contributed by atoms with van der Waals surface area (Å²) in [5, 5.41) is 2.92. The lowest BCUT2D eigenvalue weighted by atomic mass is 10.2. The summed E-state index contributed by atoms with van der Waals surface area (Å²) in [6.45, 7) is 3.87. The summed E-state index contributed by atoms with van der Waals surface area (Å²) in [5.74, 6) is -1.17. The Morgan fingerprint density at radius 1 is 1.47 bits per heavy atom. The highest BCUT2D eigenvalue weighted by molar-refractivity contribution is 8.13. The van der Waals surface area contributed by atoms with Gasteiger partial charge in [-0.15, -0.1) is 0 Å². The Morgan fingerprint density at radius 2 is 2.18 bits per heavy atom. The Morgan fingerprint density at radius 3 is 2.71 bits per heavy atom. The number of ether oxygens (including phenoxy) is 1. The average molecular weight is 259 g/mol. The lowest BCUT2D eigenvalue weighted by molar-refractivity contribution is -0.163. The summed E-state index contributed by atoms with van der Waals surface area (Å²) in [6, 6.07) is -0.355. The van der Waals surface area contributed by atoms with Gasteiger partial charge >= 0.3 is 11.9 Å². The summed E-state index contributed by atoms with van der Waals surface area (Å²) < 4.78 is 4.76. The quantitative estimate of drug-likeness (QED) is 0.592. The van der Waals surface area contributed by atoms with Gasteiger partial charge < -0.3 is 10.1 Å². The molecule has 0 radical (unpaired) electrons. The second-order valence-electron chi connectivity index (χ2n) is 4.09. The molecule has 0 amide bonds. The van der Waals surface area contributed by atoms with Crippen LogP contribution < -0.4 is 5.32 Å². The number of hydrogen-bond donors (Lipinski definition) is 1. The molecule has 0 bridgehead atoms. The van der Waals surface area contributed by atoms with E-state index >= 15 is 0 Å². The topological polar surface area (TPSA) is 72.5 Å². The summed E-state index contributed by atoms with van der Waals surface area (Å²) in [6.07, 6.45) is 1.63. The largest absolute Gasteiger partial charge is 0.392 e. The maximum atomic E-state index is 11.5. The van der Waals surface area contributed by atoms with Crippen molar-refractivity contribution in [1.29, 1.82) is 0 Å². The molecule has 1 N–H and O–H groups in total. The summed E-state index contributed by atoms with van der Waals surface area (Å²) in [7, 11) is 0. The van der Waals surface area contributed by atoms with Crippen LogP contribution in [0.5, 0.6) is 0 Å². The van der Waals surface area contributed by atoms with Gasteiger partial charge in [0.15, 0.2) is 5.12 Å². The predicted octanol–water partition coefficient (Wildman–Crippen LogP) is 0.724. The summed E-state index contributed by atoms with van der Waals surface area (Å²) in [5.41, 5.74) is 0. The van der Waals surface area contributed by atoms with E-state index in [4.69, 9.17) is 4.74 Å². The van der Waals surface area contributed by atoms with Crippen LogP contribution in [0, 0.1) is 5.92 Å². The molecular formula is C11H17NO4S. The van der Waals surface area contributed by atoms with Crippen LogP contribution in [0.3, 0.4) is 0 Å². The molecule has 17 heavy (non-hydrogen) atoms. The van der Waals surface area contributed by atoms with E-state index in [1.807, 2.05) is 0 Å².